The van der Waals surface area contributed by atoms with Gasteiger partial charge in [0.1, 0.15) is 0 Å². The average Bonchev–Trinajstić information content (AvgIpc) is 2.53. The van der Waals surface area contributed by atoms with E-state index in [4.69, 9.17) is 0 Å². The SMILES string of the molecule is CCCC(CNCC)N1CCC(C)(C)C1. The maximum Gasteiger partial charge on any atom is 0.0220 e. The molecule has 2 heteroatoms. The third-order valence-electron chi connectivity index (χ3n) is 3.48. The van der Waals surface area contributed by atoms with Crippen molar-refractivity contribution >= 4 is 0 Å². The highest BCUT2D eigenvalue weighted by molar-refractivity contribution is 4.87. The first-order valence-corrected chi connectivity index (χ1v) is 6.54. The minimum absolute atomic E-state index is 0.540. The molecule has 1 atom stereocenters. The highest BCUT2D eigenvalue weighted by atomic mass is 15.2. The van der Waals surface area contributed by atoms with Crippen LogP contribution in [0.5, 0.6) is 0 Å². The second-order valence-electron chi connectivity index (χ2n) is 5.63. The number of likely N-dealkylation sites (N-methyl/N-ethyl adjacent to an activating group) is 1. The van der Waals surface area contributed by atoms with E-state index < -0.39 is 0 Å². The minimum Gasteiger partial charge on any atom is -0.315 e. The zero-order valence-electron chi connectivity index (χ0n) is 11.0. The molecule has 2 nitrogen and oxygen atoms in total. The van der Waals surface area contributed by atoms with E-state index in [0.717, 1.165) is 12.6 Å². The summed E-state index contributed by atoms with van der Waals surface area (Å²) in [7, 11) is 0. The van der Waals surface area contributed by atoms with Crippen molar-refractivity contribution in [2.75, 3.05) is 26.2 Å². The van der Waals surface area contributed by atoms with Crippen LogP contribution in [-0.4, -0.2) is 37.1 Å². The Kier molecular flexibility index (Phi) is 5.07. The standard InChI is InChI=1S/C13H28N2/c1-5-7-12(10-14-6-2)15-9-8-13(3,4)11-15/h12,14H,5-11H2,1-4H3. The highest BCUT2D eigenvalue weighted by Crippen LogP contribution is 2.30. The van der Waals surface area contributed by atoms with E-state index in [1.807, 2.05) is 0 Å². The Bertz CT molecular complexity index is 177. The minimum atomic E-state index is 0.540. The van der Waals surface area contributed by atoms with E-state index in [2.05, 4.69) is 37.9 Å². The van der Waals surface area contributed by atoms with Crippen molar-refractivity contribution in [3.63, 3.8) is 0 Å². The van der Waals surface area contributed by atoms with Gasteiger partial charge < -0.3 is 5.32 Å². The summed E-state index contributed by atoms with van der Waals surface area (Å²) in [6, 6.07) is 0.761. The molecular weight excluding hydrogens is 184 g/mol. The zero-order chi connectivity index (χ0) is 11.3. The molecule has 0 aromatic rings. The number of hydrogen-bond acceptors (Lipinski definition) is 2. The Morgan fingerprint density at radius 2 is 2.07 bits per heavy atom. The Balaban J connectivity index is 2.42. The molecule has 0 amide bonds. The molecule has 1 rings (SSSR count). The van der Waals surface area contributed by atoms with Gasteiger partial charge in [-0.3, -0.25) is 4.90 Å². The van der Waals surface area contributed by atoms with E-state index in [-0.39, 0.29) is 0 Å². The molecular formula is C13H28N2. The fourth-order valence-corrected chi connectivity index (χ4v) is 2.52. The Hall–Kier alpha value is -0.0800. The average molecular weight is 212 g/mol. The summed E-state index contributed by atoms with van der Waals surface area (Å²) >= 11 is 0. The van der Waals surface area contributed by atoms with Gasteiger partial charge in [0.2, 0.25) is 0 Å². The number of hydrogen-bond donors (Lipinski definition) is 1. The van der Waals surface area contributed by atoms with Crippen LogP contribution in [0.15, 0.2) is 0 Å². The van der Waals surface area contributed by atoms with Crippen LogP contribution in [0.4, 0.5) is 0 Å². The smallest absolute Gasteiger partial charge is 0.0220 e. The number of nitrogens with one attached hydrogen (secondary N) is 1. The first-order valence-electron chi connectivity index (χ1n) is 6.54. The van der Waals surface area contributed by atoms with Gasteiger partial charge in [-0.15, -0.1) is 0 Å². The van der Waals surface area contributed by atoms with Gasteiger partial charge in [-0.05, 0) is 31.3 Å². The van der Waals surface area contributed by atoms with Crippen molar-refractivity contribution in [2.24, 2.45) is 5.41 Å². The molecule has 1 aliphatic heterocycles. The van der Waals surface area contributed by atoms with Crippen LogP contribution in [-0.2, 0) is 0 Å². The summed E-state index contributed by atoms with van der Waals surface area (Å²) in [6.45, 7) is 14.1. The number of nitrogens with zero attached hydrogens (tertiary/aromatic N) is 1. The van der Waals surface area contributed by atoms with Gasteiger partial charge in [0.15, 0.2) is 0 Å². The third-order valence-corrected chi connectivity index (χ3v) is 3.48. The van der Waals surface area contributed by atoms with Crippen molar-refractivity contribution in [3.8, 4) is 0 Å². The first kappa shape index (κ1) is 13.0. The predicted octanol–water partition coefficient (Wildman–Crippen LogP) is 2.50. The number of rotatable bonds is 6. The molecule has 15 heavy (non-hydrogen) atoms. The van der Waals surface area contributed by atoms with Crippen molar-refractivity contribution in [1.82, 2.24) is 10.2 Å². The van der Waals surface area contributed by atoms with E-state index in [1.54, 1.807) is 0 Å². The van der Waals surface area contributed by atoms with Gasteiger partial charge in [0, 0.05) is 19.1 Å². The maximum atomic E-state index is 3.50. The lowest BCUT2D eigenvalue weighted by atomic mass is 9.93. The van der Waals surface area contributed by atoms with Crippen LogP contribution in [0, 0.1) is 5.41 Å². The van der Waals surface area contributed by atoms with Crippen molar-refractivity contribution in [2.45, 2.75) is 53.0 Å². The van der Waals surface area contributed by atoms with E-state index in [9.17, 15) is 0 Å². The summed E-state index contributed by atoms with van der Waals surface area (Å²) in [5, 5.41) is 3.50. The molecule has 0 spiro atoms. The quantitative estimate of drug-likeness (QED) is 0.728. The lowest BCUT2D eigenvalue weighted by Crippen LogP contribution is -2.41. The molecule has 0 bridgehead atoms. The van der Waals surface area contributed by atoms with Crippen molar-refractivity contribution in [1.29, 1.82) is 0 Å². The molecule has 90 valence electrons. The van der Waals surface area contributed by atoms with Gasteiger partial charge in [-0.1, -0.05) is 34.1 Å². The van der Waals surface area contributed by atoms with Gasteiger partial charge in [-0.25, -0.2) is 0 Å². The Morgan fingerprint density at radius 3 is 2.53 bits per heavy atom. The monoisotopic (exact) mass is 212 g/mol. The van der Waals surface area contributed by atoms with Gasteiger partial charge in [0.05, 0.1) is 0 Å². The largest absolute Gasteiger partial charge is 0.315 e. The fraction of sp³-hybridized carbons (Fsp3) is 1.00. The summed E-state index contributed by atoms with van der Waals surface area (Å²) in [6.07, 6.45) is 4.00. The first-order chi connectivity index (χ1) is 7.09. The molecule has 1 heterocycles. The molecule has 0 radical (unpaired) electrons. The molecule has 1 unspecified atom stereocenters. The van der Waals surface area contributed by atoms with Crippen LogP contribution >= 0.6 is 0 Å². The van der Waals surface area contributed by atoms with Crippen LogP contribution in [0.2, 0.25) is 0 Å². The molecule has 1 fully saturated rings. The van der Waals surface area contributed by atoms with Gasteiger partial charge in [0.25, 0.3) is 0 Å². The van der Waals surface area contributed by atoms with E-state index in [0.29, 0.717) is 5.41 Å². The predicted molar refractivity (Wildman–Crippen MR) is 67.2 cm³/mol. The summed E-state index contributed by atoms with van der Waals surface area (Å²) in [4.78, 5) is 2.69. The molecule has 1 aliphatic rings. The van der Waals surface area contributed by atoms with E-state index in [1.165, 1.54) is 38.9 Å². The molecule has 1 saturated heterocycles. The topological polar surface area (TPSA) is 15.3 Å². The summed E-state index contributed by atoms with van der Waals surface area (Å²) < 4.78 is 0. The van der Waals surface area contributed by atoms with Gasteiger partial charge in [-0.2, -0.15) is 0 Å². The van der Waals surface area contributed by atoms with Crippen LogP contribution < -0.4 is 5.32 Å². The van der Waals surface area contributed by atoms with Crippen molar-refractivity contribution in [3.05, 3.63) is 0 Å². The van der Waals surface area contributed by atoms with Gasteiger partial charge >= 0.3 is 0 Å². The highest BCUT2D eigenvalue weighted by Gasteiger charge is 2.32. The number of likely N-dealkylation sites (tertiary alicyclic amines) is 1. The fourth-order valence-electron chi connectivity index (χ4n) is 2.52. The lowest BCUT2D eigenvalue weighted by Gasteiger charge is -2.29. The normalized spacial score (nSPS) is 23.2. The molecule has 0 aliphatic carbocycles. The summed E-state index contributed by atoms with van der Waals surface area (Å²) in [5.74, 6) is 0. The molecule has 1 N–H and O–H groups in total. The second kappa shape index (κ2) is 5.86. The molecule has 0 aromatic carbocycles. The van der Waals surface area contributed by atoms with Crippen LogP contribution in [0.25, 0.3) is 0 Å². The zero-order valence-corrected chi connectivity index (χ0v) is 11.0. The third kappa shape index (κ3) is 4.12. The Morgan fingerprint density at radius 1 is 1.33 bits per heavy atom. The molecule has 0 aromatic heterocycles. The van der Waals surface area contributed by atoms with E-state index >= 15 is 0 Å². The van der Waals surface area contributed by atoms with Crippen molar-refractivity contribution < 1.29 is 0 Å². The second-order valence-corrected chi connectivity index (χ2v) is 5.63. The Labute approximate surface area is 95.4 Å². The maximum absolute atomic E-state index is 3.50. The lowest BCUT2D eigenvalue weighted by molar-refractivity contribution is 0.202. The van der Waals surface area contributed by atoms with Crippen LogP contribution in [0.1, 0.15) is 47.0 Å². The van der Waals surface area contributed by atoms with Crippen LogP contribution in [0.3, 0.4) is 0 Å². The summed E-state index contributed by atoms with van der Waals surface area (Å²) in [5.41, 5.74) is 0.540. The molecule has 0 saturated carbocycles.